The molecule has 0 aromatic carbocycles. The van der Waals surface area contributed by atoms with Crippen molar-refractivity contribution in [3.63, 3.8) is 0 Å². The van der Waals surface area contributed by atoms with Crippen LogP contribution in [0.4, 0.5) is 22.0 Å². The SMILES string of the molecule is O=S(=O)(O)C(F)(F)C(F)(F)F.[La]. The van der Waals surface area contributed by atoms with Gasteiger partial charge in [-0.15, -0.1) is 0 Å². The summed E-state index contributed by atoms with van der Waals surface area (Å²) in [6.45, 7) is 0. The Hall–Kier alpha value is 0.755. The van der Waals surface area contributed by atoms with E-state index in [1.54, 1.807) is 0 Å². The molecule has 0 heterocycles. The van der Waals surface area contributed by atoms with E-state index in [4.69, 9.17) is 4.55 Å². The van der Waals surface area contributed by atoms with Gasteiger partial charge in [0.25, 0.3) is 0 Å². The first-order chi connectivity index (χ1) is 4.50. The maximum atomic E-state index is 11.5. The molecule has 0 rings (SSSR count). The summed E-state index contributed by atoms with van der Waals surface area (Å²) >= 11 is 0. The van der Waals surface area contributed by atoms with E-state index in [2.05, 4.69) is 0 Å². The van der Waals surface area contributed by atoms with E-state index in [0.29, 0.717) is 0 Å². The Balaban J connectivity index is 0. The fourth-order valence-corrected chi connectivity index (χ4v) is 0.439. The van der Waals surface area contributed by atoms with Gasteiger partial charge in [0, 0.05) is 35.6 Å². The quantitative estimate of drug-likeness (QED) is 0.574. The zero-order valence-corrected chi connectivity index (χ0v) is 9.58. The molecule has 0 aromatic heterocycles. The second-order valence-electron chi connectivity index (χ2n) is 1.49. The Morgan fingerprint density at radius 1 is 1.00 bits per heavy atom. The summed E-state index contributed by atoms with van der Waals surface area (Å²) in [5.74, 6) is 0. The first-order valence-corrected chi connectivity index (χ1v) is 3.36. The average molecular weight is 339 g/mol. The van der Waals surface area contributed by atoms with E-state index in [9.17, 15) is 30.4 Å². The van der Waals surface area contributed by atoms with Crippen LogP contribution in [0.2, 0.25) is 0 Å². The molecule has 1 radical (unpaired) electrons. The number of halogens is 5. The third-order valence-electron chi connectivity index (χ3n) is 0.654. The van der Waals surface area contributed by atoms with Crippen molar-refractivity contribution in [2.45, 2.75) is 11.4 Å². The normalized spacial score (nSPS) is 13.8. The summed E-state index contributed by atoms with van der Waals surface area (Å²) in [5, 5.41) is -6.10. The van der Waals surface area contributed by atoms with E-state index in [1.165, 1.54) is 0 Å². The van der Waals surface area contributed by atoms with Gasteiger partial charge in [0.2, 0.25) is 0 Å². The molecule has 0 unspecified atom stereocenters. The molecule has 3 nitrogen and oxygen atoms in total. The van der Waals surface area contributed by atoms with Crippen LogP contribution in [0.1, 0.15) is 0 Å². The average Bonchev–Trinajstić information content (AvgIpc) is 1.58. The monoisotopic (exact) mass is 339 g/mol. The van der Waals surface area contributed by atoms with Crippen LogP contribution in [-0.4, -0.2) is 24.4 Å². The van der Waals surface area contributed by atoms with Gasteiger partial charge in [-0.25, -0.2) is 0 Å². The Morgan fingerprint density at radius 2 is 1.25 bits per heavy atom. The molecule has 0 fully saturated rings. The van der Waals surface area contributed by atoms with Gasteiger partial charge in [0.15, 0.2) is 0 Å². The first-order valence-electron chi connectivity index (χ1n) is 1.91. The number of hydrogen-bond donors (Lipinski definition) is 1. The minimum absolute atomic E-state index is 0. The predicted octanol–water partition coefficient (Wildman–Crippen LogP) is 1.03. The number of hydrogen-bond acceptors (Lipinski definition) is 2. The summed E-state index contributed by atoms with van der Waals surface area (Å²) in [6.07, 6.45) is -6.29. The molecule has 0 atom stereocenters. The summed E-state index contributed by atoms with van der Waals surface area (Å²) in [6, 6.07) is 0. The third kappa shape index (κ3) is 2.91. The van der Waals surface area contributed by atoms with Gasteiger partial charge in [-0.2, -0.15) is 30.4 Å². The Labute approximate surface area is 91.7 Å². The molecule has 0 bridgehead atoms. The Kier molecular flexibility index (Phi) is 4.91. The zero-order chi connectivity index (χ0) is 9.50. The van der Waals surface area contributed by atoms with Crippen LogP contribution >= 0.6 is 0 Å². The zero-order valence-electron chi connectivity index (χ0n) is 5.14. The topological polar surface area (TPSA) is 54.4 Å². The summed E-state index contributed by atoms with van der Waals surface area (Å²) in [7, 11) is -6.42. The van der Waals surface area contributed by atoms with Gasteiger partial charge in [0.05, 0.1) is 0 Å². The molecule has 0 saturated carbocycles. The van der Waals surface area contributed by atoms with Crippen molar-refractivity contribution in [2.75, 3.05) is 0 Å². The molecule has 0 aliphatic heterocycles. The van der Waals surface area contributed by atoms with E-state index < -0.39 is 21.5 Å². The molecule has 12 heavy (non-hydrogen) atoms. The predicted molar refractivity (Wildman–Crippen MR) is 22.6 cm³/mol. The van der Waals surface area contributed by atoms with Crippen LogP contribution in [0.5, 0.6) is 0 Å². The van der Waals surface area contributed by atoms with Gasteiger partial charge in [-0.3, -0.25) is 4.55 Å². The van der Waals surface area contributed by atoms with Crippen molar-refractivity contribution in [2.24, 2.45) is 0 Å². The summed E-state index contributed by atoms with van der Waals surface area (Å²) in [4.78, 5) is 0. The minimum Gasteiger partial charge on any atom is -0.281 e. The van der Waals surface area contributed by atoms with Crippen LogP contribution in [-0.2, 0) is 10.1 Å². The molecule has 10 heteroatoms. The van der Waals surface area contributed by atoms with Crippen LogP contribution in [0.15, 0.2) is 0 Å². The third-order valence-corrected chi connectivity index (χ3v) is 1.53. The van der Waals surface area contributed by atoms with Crippen molar-refractivity contribution in [1.82, 2.24) is 0 Å². The molecule has 0 saturated heterocycles. The maximum Gasteiger partial charge on any atom is 0.472 e. The molecule has 0 aliphatic carbocycles. The van der Waals surface area contributed by atoms with Crippen LogP contribution in [0.3, 0.4) is 0 Å². The Bertz CT molecular complexity index is 242. The molecule has 0 aliphatic rings. The molecule has 0 spiro atoms. The second kappa shape index (κ2) is 3.87. The van der Waals surface area contributed by atoms with Crippen LogP contribution in [0, 0.1) is 35.6 Å². The van der Waals surface area contributed by atoms with Crippen molar-refractivity contribution in [3.8, 4) is 0 Å². The second-order valence-corrected chi connectivity index (χ2v) is 2.95. The van der Waals surface area contributed by atoms with Crippen molar-refractivity contribution < 1.29 is 70.5 Å². The summed E-state index contributed by atoms with van der Waals surface area (Å²) in [5.41, 5.74) is 0. The van der Waals surface area contributed by atoms with E-state index in [0.717, 1.165) is 0 Å². The van der Waals surface area contributed by atoms with Gasteiger partial charge in [0.1, 0.15) is 0 Å². The summed E-state index contributed by atoms with van der Waals surface area (Å²) < 4.78 is 82.2. The van der Waals surface area contributed by atoms with E-state index in [1.807, 2.05) is 0 Å². The van der Waals surface area contributed by atoms with Gasteiger partial charge in [-0.05, 0) is 0 Å². The maximum absolute atomic E-state index is 11.5. The Morgan fingerprint density at radius 3 is 1.25 bits per heavy atom. The molecule has 71 valence electrons. The largest absolute Gasteiger partial charge is 0.472 e. The number of alkyl halides is 5. The van der Waals surface area contributed by atoms with Gasteiger partial charge in [-0.1, -0.05) is 0 Å². The van der Waals surface area contributed by atoms with Gasteiger partial charge < -0.3 is 0 Å². The standard InChI is InChI=1S/C2HF5O3S.La/c3-1(4,5)2(6,7)11(8,9)10;/h(H,8,9,10);. The van der Waals surface area contributed by atoms with E-state index in [-0.39, 0.29) is 35.6 Å². The number of rotatable bonds is 1. The molecular weight excluding hydrogens is 338 g/mol. The van der Waals surface area contributed by atoms with E-state index >= 15 is 0 Å². The molecule has 0 amide bonds. The molecule has 0 aromatic rings. The van der Waals surface area contributed by atoms with Crippen molar-refractivity contribution >= 4 is 10.1 Å². The van der Waals surface area contributed by atoms with Gasteiger partial charge >= 0.3 is 21.5 Å². The van der Waals surface area contributed by atoms with Crippen molar-refractivity contribution in [1.29, 1.82) is 0 Å². The van der Waals surface area contributed by atoms with Crippen LogP contribution < -0.4 is 0 Å². The van der Waals surface area contributed by atoms with Crippen molar-refractivity contribution in [3.05, 3.63) is 0 Å². The first kappa shape index (κ1) is 15.2. The molecular formula is C2HF5LaO3S. The molecule has 1 N–H and O–H groups in total. The fraction of sp³-hybridized carbons (Fsp3) is 1.00. The fourth-order valence-electron chi connectivity index (χ4n) is 0.146. The smallest absolute Gasteiger partial charge is 0.281 e. The minimum atomic E-state index is -6.42. The van der Waals surface area contributed by atoms with Crippen LogP contribution in [0.25, 0.3) is 0 Å².